The molecule has 0 radical (unpaired) electrons. The third-order valence-corrected chi connectivity index (χ3v) is 3.66. The molecule has 3 rings (SSSR count). The summed E-state index contributed by atoms with van der Waals surface area (Å²) in [4.78, 5) is 10.4. The van der Waals surface area contributed by atoms with Crippen LogP contribution in [-0.4, -0.2) is 4.92 Å². The number of nitrogens with one attached hydrogen (secondary N) is 1. The minimum Gasteiger partial charge on any atom is -0.368 e. The van der Waals surface area contributed by atoms with Crippen LogP contribution in [0.1, 0.15) is 17.2 Å². The molecule has 4 nitrogen and oxygen atoms in total. The number of benzene rings is 3. The Labute approximate surface area is 146 Å². The van der Waals surface area contributed by atoms with Crippen LogP contribution < -0.4 is 5.32 Å². The average Bonchev–Trinajstić information content (AvgIpc) is 2.67. The Balaban J connectivity index is 1.91. The van der Waals surface area contributed by atoms with Crippen LogP contribution in [0.4, 0.5) is 11.4 Å². The molecular formula is C21H16N2O2. The van der Waals surface area contributed by atoms with E-state index in [-0.39, 0.29) is 11.7 Å². The summed E-state index contributed by atoms with van der Waals surface area (Å²) in [6, 6.07) is 25.7. The third-order valence-electron chi connectivity index (χ3n) is 3.66. The average molecular weight is 328 g/mol. The summed E-state index contributed by atoms with van der Waals surface area (Å²) in [6.45, 7) is 0. The van der Waals surface area contributed by atoms with Gasteiger partial charge in [0.15, 0.2) is 0 Å². The Hall–Kier alpha value is -3.58. The monoisotopic (exact) mass is 328 g/mol. The zero-order valence-corrected chi connectivity index (χ0v) is 13.4. The number of hydrogen-bond donors (Lipinski definition) is 1. The van der Waals surface area contributed by atoms with E-state index in [0.717, 1.165) is 16.8 Å². The molecule has 0 saturated heterocycles. The molecule has 3 aromatic rings. The lowest BCUT2D eigenvalue weighted by Crippen LogP contribution is -2.08. The van der Waals surface area contributed by atoms with Gasteiger partial charge in [0.05, 0.1) is 4.92 Å². The quantitative estimate of drug-likeness (QED) is 0.425. The molecule has 1 atom stereocenters. The first-order valence-corrected chi connectivity index (χ1v) is 7.85. The molecule has 0 amide bonds. The van der Waals surface area contributed by atoms with Gasteiger partial charge in [0.25, 0.3) is 5.69 Å². The molecule has 0 unspecified atom stereocenters. The molecule has 1 N–H and O–H groups in total. The van der Waals surface area contributed by atoms with Crippen LogP contribution in [0, 0.1) is 22.0 Å². The highest BCUT2D eigenvalue weighted by Gasteiger charge is 2.11. The number of nitrogens with zero attached hydrogens (tertiary/aromatic N) is 1. The minimum atomic E-state index is -0.404. The molecular weight excluding hydrogens is 312 g/mol. The predicted octanol–water partition coefficient (Wildman–Crippen LogP) is 4.80. The highest BCUT2D eigenvalue weighted by atomic mass is 16.6. The largest absolute Gasteiger partial charge is 0.368 e. The maximum atomic E-state index is 10.8. The number of nitro groups is 1. The number of non-ortho nitro benzene ring substituents is 1. The second-order valence-electron chi connectivity index (χ2n) is 5.43. The summed E-state index contributed by atoms with van der Waals surface area (Å²) in [6.07, 6.45) is 0. The molecule has 0 heterocycles. The lowest BCUT2D eigenvalue weighted by atomic mass is 10.1. The van der Waals surface area contributed by atoms with Crippen molar-refractivity contribution >= 4 is 11.4 Å². The van der Waals surface area contributed by atoms with Crippen molar-refractivity contribution in [1.82, 2.24) is 0 Å². The molecule has 25 heavy (non-hydrogen) atoms. The van der Waals surface area contributed by atoms with Crippen molar-refractivity contribution < 1.29 is 4.92 Å². The Morgan fingerprint density at radius 1 is 0.840 bits per heavy atom. The predicted molar refractivity (Wildman–Crippen MR) is 99.2 cm³/mol. The van der Waals surface area contributed by atoms with Crippen LogP contribution in [0.3, 0.4) is 0 Å². The van der Waals surface area contributed by atoms with E-state index in [1.54, 1.807) is 12.1 Å². The number of para-hydroxylation sites is 1. The molecule has 0 aliphatic carbocycles. The van der Waals surface area contributed by atoms with Crippen molar-refractivity contribution in [2.45, 2.75) is 6.04 Å². The van der Waals surface area contributed by atoms with Crippen LogP contribution in [0.5, 0.6) is 0 Å². The topological polar surface area (TPSA) is 55.2 Å². The first-order chi connectivity index (χ1) is 12.2. The Kier molecular flexibility index (Phi) is 5.08. The number of nitro benzene ring substituents is 1. The van der Waals surface area contributed by atoms with E-state index in [0.29, 0.717) is 0 Å². The van der Waals surface area contributed by atoms with Gasteiger partial charge < -0.3 is 5.32 Å². The van der Waals surface area contributed by atoms with Gasteiger partial charge in [-0.2, -0.15) is 0 Å². The second-order valence-corrected chi connectivity index (χ2v) is 5.43. The standard InChI is InChI=1S/C21H16N2O2/c24-23(25)20-14-12-18(13-15-20)21(22-19-9-5-2-6-10-19)16-11-17-7-3-1-4-8-17/h1-10,12-15,21-22H/t21-/m1/s1. The van der Waals surface area contributed by atoms with Gasteiger partial charge in [0.2, 0.25) is 0 Å². The maximum Gasteiger partial charge on any atom is 0.269 e. The SMILES string of the molecule is O=[N+]([O-])c1ccc([C@@H](C#Cc2ccccc2)Nc2ccccc2)cc1. The fourth-order valence-electron chi connectivity index (χ4n) is 2.37. The Morgan fingerprint density at radius 2 is 1.44 bits per heavy atom. The minimum absolute atomic E-state index is 0.0678. The summed E-state index contributed by atoms with van der Waals surface area (Å²) >= 11 is 0. The van der Waals surface area contributed by atoms with Crippen molar-refractivity contribution in [1.29, 1.82) is 0 Å². The van der Waals surface area contributed by atoms with Crippen LogP contribution in [0.2, 0.25) is 0 Å². The lowest BCUT2D eigenvalue weighted by Gasteiger charge is -2.15. The van der Waals surface area contributed by atoms with Gasteiger partial charge in [-0.1, -0.05) is 48.2 Å². The summed E-state index contributed by atoms with van der Waals surface area (Å²) in [7, 11) is 0. The van der Waals surface area contributed by atoms with Gasteiger partial charge in [-0.25, -0.2) is 0 Å². The Morgan fingerprint density at radius 3 is 2.04 bits per heavy atom. The van der Waals surface area contributed by atoms with E-state index in [4.69, 9.17) is 0 Å². The number of hydrogen-bond acceptors (Lipinski definition) is 3. The molecule has 3 aromatic carbocycles. The zero-order chi connectivity index (χ0) is 17.5. The molecule has 0 fully saturated rings. The Bertz CT molecular complexity index is 895. The molecule has 122 valence electrons. The molecule has 0 aliphatic rings. The van der Waals surface area contributed by atoms with Crippen molar-refractivity contribution in [2.75, 3.05) is 5.32 Å². The summed E-state index contributed by atoms with van der Waals surface area (Å²) in [5.74, 6) is 6.37. The van der Waals surface area contributed by atoms with E-state index < -0.39 is 4.92 Å². The van der Waals surface area contributed by atoms with Crippen LogP contribution in [0.25, 0.3) is 0 Å². The van der Waals surface area contributed by atoms with Crippen molar-refractivity contribution in [3.05, 3.63) is 106 Å². The molecule has 4 heteroatoms. The molecule has 0 aliphatic heterocycles. The first-order valence-electron chi connectivity index (χ1n) is 7.85. The molecule has 0 aromatic heterocycles. The van der Waals surface area contributed by atoms with Gasteiger partial charge in [-0.15, -0.1) is 0 Å². The van der Waals surface area contributed by atoms with Crippen LogP contribution in [0.15, 0.2) is 84.9 Å². The fraction of sp³-hybridized carbons (Fsp3) is 0.0476. The third kappa shape index (κ3) is 4.46. The number of anilines is 1. The summed E-state index contributed by atoms with van der Waals surface area (Å²) in [5, 5.41) is 14.2. The second kappa shape index (κ2) is 7.80. The lowest BCUT2D eigenvalue weighted by molar-refractivity contribution is -0.384. The van der Waals surface area contributed by atoms with Gasteiger partial charge >= 0.3 is 0 Å². The van der Waals surface area contributed by atoms with E-state index in [1.807, 2.05) is 60.7 Å². The first kappa shape index (κ1) is 16.3. The molecule has 0 saturated carbocycles. The van der Waals surface area contributed by atoms with Crippen molar-refractivity contribution in [2.24, 2.45) is 0 Å². The van der Waals surface area contributed by atoms with E-state index in [9.17, 15) is 10.1 Å². The zero-order valence-electron chi connectivity index (χ0n) is 13.4. The van der Waals surface area contributed by atoms with Crippen molar-refractivity contribution in [3.8, 4) is 11.8 Å². The van der Waals surface area contributed by atoms with Gasteiger partial charge in [-0.05, 0) is 42.0 Å². The van der Waals surface area contributed by atoms with Crippen LogP contribution in [-0.2, 0) is 0 Å². The molecule has 0 spiro atoms. The maximum absolute atomic E-state index is 10.8. The smallest absolute Gasteiger partial charge is 0.269 e. The van der Waals surface area contributed by atoms with Crippen LogP contribution >= 0.6 is 0 Å². The summed E-state index contributed by atoms with van der Waals surface area (Å²) < 4.78 is 0. The van der Waals surface area contributed by atoms with Gasteiger partial charge in [0.1, 0.15) is 6.04 Å². The normalized spacial score (nSPS) is 11.0. The van der Waals surface area contributed by atoms with Crippen molar-refractivity contribution in [3.63, 3.8) is 0 Å². The fourth-order valence-corrected chi connectivity index (χ4v) is 2.37. The van der Waals surface area contributed by atoms with E-state index in [1.165, 1.54) is 12.1 Å². The number of rotatable bonds is 4. The molecule has 0 bridgehead atoms. The highest BCUT2D eigenvalue weighted by molar-refractivity contribution is 5.50. The van der Waals surface area contributed by atoms with Gasteiger partial charge in [-0.3, -0.25) is 10.1 Å². The summed E-state index contributed by atoms with van der Waals surface area (Å²) in [5.41, 5.74) is 2.80. The van der Waals surface area contributed by atoms with Gasteiger partial charge in [0, 0.05) is 23.4 Å². The van der Waals surface area contributed by atoms with E-state index in [2.05, 4.69) is 17.2 Å². The van der Waals surface area contributed by atoms with E-state index >= 15 is 0 Å². The highest BCUT2D eigenvalue weighted by Crippen LogP contribution is 2.21.